The molecule has 0 aliphatic carbocycles. The first-order valence-electron chi connectivity index (χ1n) is 4.01. The van der Waals surface area contributed by atoms with Crippen molar-refractivity contribution in [3.8, 4) is 0 Å². The van der Waals surface area contributed by atoms with Gasteiger partial charge in [0.15, 0.2) is 0 Å². The Bertz CT molecular complexity index is 195. The molecule has 0 radical (unpaired) electrons. The van der Waals surface area contributed by atoms with Crippen LogP contribution >= 0.6 is 0 Å². The summed E-state index contributed by atoms with van der Waals surface area (Å²) < 4.78 is 0. The Hall–Kier alpha value is -1.14. The standard InChI is InChI=1S/C7H16N4O2/c1-3-5(7(13)10-9)11(2)4-6(8)12/h5H,3-4,9H2,1-2H3,(H2,8,12)(H,10,13). The van der Waals surface area contributed by atoms with Crippen molar-refractivity contribution in [1.29, 1.82) is 0 Å². The summed E-state index contributed by atoms with van der Waals surface area (Å²) in [4.78, 5) is 23.3. The van der Waals surface area contributed by atoms with E-state index in [0.717, 1.165) is 0 Å². The van der Waals surface area contributed by atoms with E-state index in [1.54, 1.807) is 11.9 Å². The molecule has 0 saturated carbocycles. The van der Waals surface area contributed by atoms with Crippen LogP contribution in [0.5, 0.6) is 0 Å². The van der Waals surface area contributed by atoms with Gasteiger partial charge in [-0.3, -0.25) is 19.9 Å². The first-order valence-corrected chi connectivity index (χ1v) is 4.01. The minimum absolute atomic E-state index is 0.0475. The SMILES string of the molecule is CCC(C(=O)NN)N(C)CC(N)=O. The van der Waals surface area contributed by atoms with Crippen LogP contribution in [0.15, 0.2) is 0 Å². The lowest BCUT2D eigenvalue weighted by Gasteiger charge is -2.23. The van der Waals surface area contributed by atoms with Crippen LogP contribution in [0.25, 0.3) is 0 Å². The monoisotopic (exact) mass is 188 g/mol. The molecule has 0 fully saturated rings. The Labute approximate surface area is 77.2 Å². The van der Waals surface area contributed by atoms with Gasteiger partial charge in [0.05, 0.1) is 12.6 Å². The Morgan fingerprint density at radius 3 is 2.38 bits per heavy atom. The van der Waals surface area contributed by atoms with Gasteiger partial charge < -0.3 is 5.73 Å². The average molecular weight is 188 g/mol. The number of hydrogen-bond donors (Lipinski definition) is 3. The van der Waals surface area contributed by atoms with Crippen LogP contribution in [0.1, 0.15) is 13.3 Å². The first-order chi connectivity index (χ1) is 6.02. The van der Waals surface area contributed by atoms with Gasteiger partial charge in [-0.15, -0.1) is 0 Å². The molecule has 0 aromatic heterocycles. The van der Waals surface area contributed by atoms with Crippen molar-refractivity contribution in [3.63, 3.8) is 0 Å². The van der Waals surface area contributed by atoms with Gasteiger partial charge in [0.2, 0.25) is 5.91 Å². The molecule has 0 aliphatic heterocycles. The van der Waals surface area contributed by atoms with Gasteiger partial charge in [0.25, 0.3) is 5.91 Å². The third kappa shape index (κ3) is 3.86. The Kier molecular flexibility index (Phi) is 5.01. The molecule has 0 spiro atoms. The lowest BCUT2D eigenvalue weighted by atomic mass is 10.2. The van der Waals surface area contributed by atoms with Crippen LogP contribution in [-0.4, -0.2) is 36.3 Å². The zero-order chi connectivity index (χ0) is 10.4. The topological polar surface area (TPSA) is 101 Å². The zero-order valence-corrected chi connectivity index (χ0v) is 7.91. The molecule has 1 atom stereocenters. The summed E-state index contributed by atoms with van der Waals surface area (Å²) in [6.07, 6.45) is 0.576. The zero-order valence-electron chi connectivity index (χ0n) is 7.91. The van der Waals surface area contributed by atoms with Gasteiger partial charge >= 0.3 is 0 Å². The normalized spacial score (nSPS) is 12.6. The van der Waals surface area contributed by atoms with E-state index in [1.165, 1.54) is 0 Å². The number of likely N-dealkylation sites (N-methyl/N-ethyl adjacent to an activating group) is 1. The number of hydrogen-bond acceptors (Lipinski definition) is 4. The van der Waals surface area contributed by atoms with E-state index in [0.29, 0.717) is 6.42 Å². The van der Waals surface area contributed by atoms with Crippen LogP contribution in [-0.2, 0) is 9.59 Å². The molecule has 0 aliphatic rings. The summed E-state index contributed by atoms with van der Waals surface area (Å²) in [5, 5.41) is 0. The van der Waals surface area contributed by atoms with Crippen LogP contribution in [0.4, 0.5) is 0 Å². The van der Waals surface area contributed by atoms with E-state index in [4.69, 9.17) is 11.6 Å². The minimum atomic E-state index is -0.467. The lowest BCUT2D eigenvalue weighted by molar-refractivity contribution is -0.127. The van der Waals surface area contributed by atoms with Gasteiger partial charge in [0.1, 0.15) is 0 Å². The molecular formula is C7H16N4O2. The van der Waals surface area contributed by atoms with Crippen molar-refractivity contribution in [2.75, 3.05) is 13.6 Å². The lowest BCUT2D eigenvalue weighted by Crippen LogP contribution is -2.49. The maximum absolute atomic E-state index is 11.1. The largest absolute Gasteiger partial charge is 0.369 e. The third-order valence-electron chi connectivity index (χ3n) is 1.77. The quantitative estimate of drug-likeness (QED) is 0.268. The fraction of sp³-hybridized carbons (Fsp3) is 0.714. The second-order valence-corrected chi connectivity index (χ2v) is 2.81. The molecule has 5 N–H and O–H groups in total. The van der Waals surface area contributed by atoms with E-state index in [-0.39, 0.29) is 12.5 Å². The fourth-order valence-electron chi connectivity index (χ4n) is 1.15. The number of nitrogens with one attached hydrogen (secondary N) is 1. The highest BCUT2D eigenvalue weighted by molar-refractivity contribution is 5.82. The van der Waals surface area contributed by atoms with Crippen molar-refractivity contribution in [2.24, 2.45) is 11.6 Å². The Morgan fingerprint density at radius 1 is 1.54 bits per heavy atom. The van der Waals surface area contributed by atoms with E-state index >= 15 is 0 Å². The molecule has 1 unspecified atom stereocenters. The average Bonchev–Trinajstić information content (AvgIpc) is 2.03. The number of primary amides is 1. The highest BCUT2D eigenvalue weighted by Gasteiger charge is 2.21. The first kappa shape index (κ1) is 11.9. The van der Waals surface area contributed by atoms with Gasteiger partial charge in [-0.05, 0) is 13.5 Å². The third-order valence-corrected chi connectivity index (χ3v) is 1.77. The molecule has 2 amide bonds. The van der Waals surface area contributed by atoms with Gasteiger partial charge in [-0.25, -0.2) is 5.84 Å². The van der Waals surface area contributed by atoms with Gasteiger partial charge in [0, 0.05) is 0 Å². The molecule has 6 nitrogen and oxygen atoms in total. The van der Waals surface area contributed by atoms with Gasteiger partial charge in [-0.1, -0.05) is 6.92 Å². The summed E-state index contributed by atoms with van der Waals surface area (Å²) in [5.41, 5.74) is 7.02. The molecule has 0 saturated heterocycles. The summed E-state index contributed by atoms with van der Waals surface area (Å²) >= 11 is 0. The Balaban J connectivity index is 4.22. The maximum Gasteiger partial charge on any atom is 0.251 e. The van der Waals surface area contributed by atoms with Crippen molar-refractivity contribution >= 4 is 11.8 Å². The van der Waals surface area contributed by atoms with Crippen molar-refractivity contribution in [1.82, 2.24) is 10.3 Å². The number of hydrazine groups is 1. The van der Waals surface area contributed by atoms with Crippen molar-refractivity contribution in [2.45, 2.75) is 19.4 Å². The van der Waals surface area contributed by atoms with E-state index < -0.39 is 11.9 Å². The summed E-state index contributed by atoms with van der Waals surface area (Å²) in [6, 6.07) is -0.405. The number of nitrogens with zero attached hydrogens (tertiary/aromatic N) is 1. The summed E-state index contributed by atoms with van der Waals surface area (Å²) in [6.45, 7) is 1.88. The molecule has 76 valence electrons. The molecule has 0 aromatic rings. The van der Waals surface area contributed by atoms with Crippen molar-refractivity contribution < 1.29 is 9.59 Å². The van der Waals surface area contributed by atoms with Gasteiger partial charge in [-0.2, -0.15) is 0 Å². The number of carbonyl (C=O) groups excluding carboxylic acids is 2. The second kappa shape index (κ2) is 5.50. The Morgan fingerprint density at radius 2 is 2.08 bits per heavy atom. The fourth-order valence-corrected chi connectivity index (χ4v) is 1.15. The molecule has 6 heteroatoms. The van der Waals surface area contributed by atoms with Crippen LogP contribution in [0, 0.1) is 0 Å². The van der Waals surface area contributed by atoms with Crippen molar-refractivity contribution in [3.05, 3.63) is 0 Å². The minimum Gasteiger partial charge on any atom is -0.369 e. The number of amides is 2. The molecule has 0 rings (SSSR count). The molecule has 13 heavy (non-hydrogen) atoms. The number of rotatable bonds is 5. The highest BCUT2D eigenvalue weighted by atomic mass is 16.2. The highest BCUT2D eigenvalue weighted by Crippen LogP contribution is 2.00. The number of nitrogens with two attached hydrogens (primary N) is 2. The summed E-state index contributed by atoms with van der Waals surface area (Å²) in [7, 11) is 1.65. The van der Waals surface area contributed by atoms with E-state index in [1.807, 2.05) is 12.3 Å². The van der Waals surface area contributed by atoms with Crippen LogP contribution in [0.3, 0.4) is 0 Å². The predicted octanol–water partition coefficient (Wildman–Crippen LogP) is -1.83. The molecule has 0 aromatic carbocycles. The maximum atomic E-state index is 11.1. The second-order valence-electron chi connectivity index (χ2n) is 2.81. The summed E-state index contributed by atoms with van der Waals surface area (Å²) in [5.74, 6) is 4.19. The predicted molar refractivity (Wildman–Crippen MR) is 48.2 cm³/mol. The molecular weight excluding hydrogens is 172 g/mol. The van der Waals surface area contributed by atoms with Crippen LogP contribution in [0.2, 0.25) is 0 Å². The molecule has 0 heterocycles. The smallest absolute Gasteiger partial charge is 0.251 e. The van der Waals surface area contributed by atoms with Crippen LogP contribution < -0.4 is 17.0 Å². The molecule has 0 bridgehead atoms. The van der Waals surface area contributed by atoms with E-state index in [9.17, 15) is 9.59 Å². The number of carbonyl (C=O) groups is 2. The van der Waals surface area contributed by atoms with E-state index in [2.05, 4.69) is 0 Å².